The zero-order chi connectivity index (χ0) is 12.5. The van der Waals surface area contributed by atoms with Crippen LogP contribution in [0.2, 0.25) is 0 Å². The van der Waals surface area contributed by atoms with Gasteiger partial charge in [0.15, 0.2) is 5.65 Å². The Morgan fingerprint density at radius 2 is 1.94 bits per heavy atom. The van der Waals surface area contributed by atoms with E-state index in [1.54, 1.807) is 13.3 Å². The van der Waals surface area contributed by atoms with Gasteiger partial charge in [0, 0.05) is 17.3 Å². The van der Waals surface area contributed by atoms with Crippen molar-refractivity contribution in [3.8, 4) is 17.3 Å². The van der Waals surface area contributed by atoms with E-state index in [4.69, 9.17) is 4.74 Å². The van der Waals surface area contributed by atoms with E-state index in [9.17, 15) is 0 Å². The summed E-state index contributed by atoms with van der Waals surface area (Å²) in [6.07, 6.45) is 1.76. The molecule has 4 nitrogen and oxygen atoms in total. The second kappa shape index (κ2) is 4.14. The highest BCUT2D eigenvalue weighted by atomic mass is 16.5. The summed E-state index contributed by atoms with van der Waals surface area (Å²) in [6.45, 7) is 2.02. The van der Waals surface area contributed by atoms with Crippen LogP contribution in [0.3, 0.4) is 0 Å². The third-order valence-corrected chi connectivity index (χ3v) is 2.89. The molecule has 0 spiro atoms. The van der Waals surface area contributed by atoms with Gasteiger partial charge in [-0.2, -0.15) is 4.98 Å². The fourth-order valence-corrected chi connectivity index (χ4v) is 2.05. The first-order valence-corrected chi connectivity index (χ1v) is 5.74. The maximum atomic E-state index is 5.17. The van der Waals surface area contributed by atoms with Crippen molar-refractivity contribution in [3.05, 3.63) is 48.3 Å². The maximum Gasteiger partial charge on any atom is 0.216 e. The van der Waals surface area contributed by atoms with Gasteiger partial charge in [0.2, 0.25) is 5.88 Å². The zero-order valence-electron chi connectivity index (χ0n) is 10.3. The summed E-state index contributed by atoms with van der Waals surface area (Å²) in [6, 6.07) is 12.0. The number of methoxy groups -OCH3 is 1. The number of fused-ring (bicyclic) bond motifs is 1. The summed E-state index contributed by atoms with van der Waals surface area (Å²) in [5.74, 6) is 1.51. The number of rotatable bonds is 2. The van der Waals surface area contributed by atoms with E-state index in [0.717, 1.165) is 22.7 Å². The summed E-state index contributed by atoms with van der Waals surface area (Å²) < 4.78 is 7.19. The third kappa shape index (κ3) is 1.62. The first-order valence-electron chi connectivity index (χ1n) is 5.74. The van der Waals surface area contributed by atoms with Crippen molar-refractivity contribution in [1.82, 2.24) is 14.4 Å². The van der Waals surface area contributed by atoms with Gasteiger partial charge >= 0.3 is 0 Å². The van der Waals surface area contributed by atoms with Gasteiger partial charge in [-0.1, -0.05) is 30.3 Å². The van der Waals surface area contributed by atoms with Crippen LogP contribution in [-0.4, -0.2) is 21.5 Å². The fraction of sp³-hybridized carbons (Fsp3) is 0.143. The average molecular weight is 239 g/mol. The number of aryl methyl sites for hydroxylation is 1. The fourth-order valence-electron chi connectivity index (χ4n) is 2.05. The van der Waals surface area contributed by atoms with Crippen LogP contribution in [0.5, 0.6) is 5.88 Å². The summed E-state index contributed by atoms with van der Waals surface area (Å²) in [5, 5.41) is 0. The molecule has 0 bridgehead atoms. The topological polar surface area (TPSA) is 39.4 Å². The second-order valence-electron chi connectivity index (χ2n) is 4.08. The average Bonchev–Trinajstić information content (AvgIpc) is 2.84. The van der Waals surface area contributed by atoms with Gasteiger partial charge in [0.25, 0.3) is 0 Å². The van der Waals surface area contributed by atoms with Gasteiger partial charge < -0.3 is 4.74 Å². The lowest BCUT2D eigenvalue weighted by Gasteiger charge is -2.06. The minimum absolute atomic E-state index is 0.611. The van der Waals surface area contributed by atoms with Crippen molar-refractivity contribution in [2.45, 2.75) is 6.92 Å². The highest BCUT2D eigenvalue weighted by Gasteiger charge is 2.10. The Labute approximate surface area is 105 Å². The Kier molecular flexibility index (Phi) is 2.48. The summed E-state index contributed by atoms with van der Waals surface area (Å²) in [7, 11) is 1.62. The highest BCUT2D eigenvalue weighted by molar-refractivity contribution is 5.61. The summed E-state index contributed by atoms with van der Waals surface area (Å²) >= 11 is 0. The summed E-state index contributed by atoms with van der Waals surface area (Å²) in [4.78, 5) is 8.83. The van der Waals surface area contributed by atoms with Crippen LogP contribution in [-0.2, 0) is 0 Å². The van der Waals surface area contributed by atoms with E-state index in [-0.39, 0.29) is 0 Å². The van der Waals surface area contributed by atoms with Crippen LogP contribution in [0, 0.1) is 6.92 Å². The molecule has 0 atom stereocenters. The first-order chi connectivity index (χ1) is 8.79. The lowest BCUT2D eigenvalue weighted by atomic mass is 10.2. The Balaban J connectivity index is 2.27. The molecule has 0 radical (unpaired) electrons. The first kappa shape index (κ1) is 10.8. The molecule has 0 N–H and O–H groups in total. The van der Waals surface area contributed by atoms with Crippen molar-refractivity contribution >= 4 is 5.65 Å². The summed E-state index contributed by atoms with van der Waals surface area (Å²) in [5.41, 5.74) is 2.92. The van der Waals surface area contributed by atoms with E-state index in [0.29, 0.717) is 5.88 Å². The molecule has 0 amide bonds. The smallest absolute Gasteiger partial charge is 0.216 e. The van der Waals surface area contributed by atoms with Crippen molar-refractivity contribution in [2.75, 3.05) is 7.11 Å². The van der Waals surface area contributed by atoms with E-state index in [1.165, 1.54) is 0 Å². The minimum atomic E-state index is 0.611. The van der Waals surface area contributed by atoms with Crippen LogP contribution in [0.1, 0.15) is 5.69 Å². The Bertz CT molecular complexity index is 689. The van der Waals surface area contributed by atoms with E-state index in [2.05, 4.69) is 9.97 Å². The van der Waals surface area contributed by atoms with Crippen molar-refractivity contribution < 1.29 is 4.74 Å². The molecular weight excluding hydrogens is 226 g/mol. The van der Waals surface area contributed by atoms with Gasteiger partial charge in [0.05, 0.1) is 13.3 Å². The largest absolute Gasteiger partial charge is 0.481 e. The molecule has 90 valence electrons. The molecule has 4 heteroatoms. The van der Waals surface area contributed by atoms with E-state index in [1.807, 2.05) is 47.7 Å². The SMILES string of the molecule is COc1cc(C)n2c(-c3ccccc3)ncc2n1. The maximum absolute atomic E-state index is 5.17. The predicted molar refractivity (Wildman–Crippen MR) is 69.7 cm³/mol. The van der Waals surface area contributed by atoms with Crippen molar-refractivity contribution in [1.29, 1.82) is 0 Å². The normalized spacial score (nSPS) is 10.8. The molecule has 2 heterocycles. The third-order valence-electron chi connectivity index (χ3n) is 2.89. The monoisotopic (exact) mass is 239 g/mol. The molecule has 3 rings (SSSR count). The van der Waals surface area contributed by atoms with E-state index < -0.39 is 0 Å². The molecule has 1 aromatic carbocycles. The number of imidazole rings is 1. The van der Waals surface area contributed by atoms with Gasteiger partial charge in [-0.25, -0.2) is 4.98 Å². The van der Waals surface area contributed by atoms with Crippen molar-refractivity contribution in [3.63, 3.8) is 0 Å². The number of hydrogen-bond acceptors (Lipinski definition) is 3. The van der Waals surface area contributed by atoms with Crippen LogP contribution >= 0.6 is 0 Å². The van der Waals surface area contributed by atoms with Gasteiger partial charge in [-0.05, 0) is 6.92 Å². The van der Waals surface area contributed by atoms with Crippen LogP contribution in [0.15, 0.2) is 42.6 Å². The highest BCUT2D eigenvalue weighted by Crippen LogP contribution is 2.22. The molecule has 2 aromatic heterocycles. The molecule has 0 unspecified atom stereocenters. The molecule has 18 heavy (non-hydrogen) atoms. The molecule has 0 aliphatic carbocycles. The number of ether oxygens (including phenoxy) is 1. The van der Waals surface area contributed by atoms with E-state index >= 15 is 0 Å². The second-order valence-corrected chi connectivity index (χ2v) is 4.08. The van der Waals surface area contributed by atoms with Gasteiger partial charge in [-0.3, -0.25) is 4.40 Å². The standard InChI is InChI=1S/C14H13N3O/c1-10-8-13(18-2)16-12-9-15-14(17(10)12)11-6-4-3-5-7-11/h3-9H,1-2H3. The number of hydrogen-bond donors (Lipinski definition) is 0. The molecular formula is C14H13N3O. The van der Waals surface area contributed by atoms with Crippen LogP contribution < -0.4 is 4.74 Å². The molecule has 0 aliphatic heterocycles. The molecule has 3 aromatic rings. The predicted octanol–water partition coefficient (Wildman–Crippen LogP) is 2.71. The lowest BCUT2D eigenvalue weighted by Crippen LogP contribution is -1.98. The molecule has 0 saturated heterocycles. The lowest BCUT2D eigenvalue weighted by molar-refractivity contribution is 0.398. The quantitative estimate of drug-likeness (QED) is 0.690. The Morgan fingerprint density at radius 3 is 2.67 bits per heavy atom. The Morgan fingerprint density at radius 1 is 1.17 bits per heavy atom. The number of aromatic nitrogens is 3. The number of benzene rings is 1. The van der Waals surface area contributed by atoms with Gasteiger partial charge in [-0.15, -0.1) is 0 Å². The zero-order valence-corrected chi connectivity index (χ0v) is 10.3. The molecule has 0 fully saturated rings. The number of nitrogens with zero attached hydrogens (tertiary/aromatic N) is 3. The minimum Gasteiger partial charge on any atom is -0.481 e. The van der Waals surface area contributed by atoms with Gasteiger partial charge in [0.1, 0.15) is 5.82 Å². The van der Waals surface area contributed by atoms with Crippen molar-refractivity contribution in [2.24, 2.45) is 0 Å². The molecule has 0 saturated carbocycles. The van der Waals surface area contributed by atoms with Crippen LogP contribution in [0.4, 0.5) is 0 Å². The molecule has 0 aliphatic rings. The van der Waals surface area contributed by atoms with Crippen LogP contribution in [0.25, 0.3) is 17.0 Å². The Hall–Kier alpha value is -2.36.